The number of rotatable bonds is 4. The molecular weight excluding hydrogens is 284 g/mol. The molecule has 2 rings (SSSR count). The second kappa shape index (κ2) is 7.41. The van der Waals surface area contributed by atoms with Gasteiger partial charge in [0.25, 0.3) is 0 Å². The third kappa shape index (κ3) is 4.70. The molecular formula is C16H22N2O2S. The van der Waals surface area contributed by atoms with Gasteiger partial charge in [-0.15, -0.1) is 11.3 Å². The summed E-state index contributed by atoms with van der Waals surface area (Å²) >= 11 is 1.61. The number of thiophene rings is 1. The van der Waals surface area contributed by atoms with Crippen molar-refractivity contribution in [2.24, 2.45) is 5.92 Å². The van der Waals surface area contributed by atoms with Gasteiger partial charge in [-0.25, -0.2) is 0 Å². The highest BCUT2D eigenvalue weighted by atomic mass is 32.1. The van der Waals surface area contributed by atoms with Crippen molar-refractivity contribution >= 4 is 29.2 Å². The summed E-state index contributed by atoms with van der Waals surface area (Å²) in [6.07, 6.45) is 4.97. The van der Waals surface area contributed by atoms with Gasteiger partial charge in [-0.1, -0.05) is 6.07 Å². The van der Waals surface area contributed by atoms with E-state index in [9.17, 15) is 9.59 Å². The lowest BCUT2D eigenvalue weighted by atomic mass is 9.95. The maximum Gasteiger partial charge on any atom is 0.246 e. The van der Waals surface area contributed by atoms with E-state index in [0.717, 1.165) is 17.7 Å². The van der Waals surface area contributed by atoms with Gasteiger partial charge in [0, 0.05) is 36.0 Å². The first-order valence-electron chi connectivity index (χ1n) is 7.37. The van der Waals surface area contributed by atoms with E-state index in [-0.39, 0.29) is 23.8 Å². The Balaban J connectivity index is 1.80. The highest BCUT2D eigenvalue weighted by Crippen LogP contribution is 2.18. The van der Waals surface area contributed by atoms with Gasteiger partial charge in [0.15, 0.2) is 0 Å². The van der Waals surface area contributed by atoms with Gasteiger partial charge in [-0.3, -0.25) is 9.59 Å². The number of amides is 2. The summed E-state index contributed by atoms with van der Waals surface area (Å²) in [4.78, 5) is 26.9. The zero-order valence-electron chi connectivity index (χ0n) is 12.5. The molecule has 114 valence electrons. The molecule has 1 N–H and O–H groups in total. The molecule has 0 aliphatic carbocycles. The molecule has 0 saturated carbocycles. The minimum Gasteiger partial charge on any atom is -0.354 e. The van der Waals surface area contributed by atoms with Crippen LogP contribution in [0, 0.1) is 5.92 Å². The van der Waals surface area contributed by atoms with Gasteiger partial charge < -0.3 is 10.2 Å². The minimum atomic E-state index is 0.0334. The van der Waals surface area contributed by atoms with Gasteiger partial charge in [0.1, 0.15) is 0 Å². The average molecular weight is 306 g/mol. The number of nitrogens with one attached hydrogen (secondary N) is 1. The van der Waals surface area contributed by atoms with Crippen LogP contribution in [0.3, 0.4) is 0 Å². The van der Waals surface area contributed by atoms with Crippen molar-refractivity contribution in [3.05, 3.63) is 28.5 Å². The second-order valence-corrected chi connectivity index (χ2v) is 6.59. The predicted molar refractivity (Wildman–Crippen MR) is 85.9 cm³/mol. The van der Waals surface area contributed by atoms with Crippen LogP contribution in [0.4, 0.5) is 0 Å². The molecule has 2 heterocycles. The van der Waals surface area contributed by atoms with E-state index in [1.807, 2.05) is 42.3 Å². The number of piperidine rings is 1. The fraction of sp³-hybridized carbons (Fsp3) is 0.500. The molecule has 1 aliphatic rings. The Hall–Kier alpha value is -1.62. The van der Waals surface area contributed by atoms with Gasteiger partial charge in [0.2, 0.25) is 11.8 Å². The molecule has 0 atom stereocenters. The van der Waals surface area contributed by atoms with Crippen LogP contribution in [-0.2, 0) is 9.59 Å². The van der Waals surface area contributed by atoms with E-state index >= 15 is 0 Å². The summed E-state index contributed by atoms with van der Waals surface area (Å²) in [6.45, 7) is 5.24. The van der Waals surface area contributed by atoms with E-state index < -0.39 is 0 Å². The topological polar surface area (TPSA) is 49.4 Å². The van der Waals surface area contributed by atoms with Gasteiger partial charge in [-0.05, 0) is 44.2 Å². The fourth-order valence-corrected chi connectivity index (χ4v) is 3.03. The van der Waals surface area contributed by atoms with Crippen molar-refractivity contribution in [1.29, 1.82) is 0 Å². The lowest BCUT2D eigenvalue weighted by Crippen LogP contribution is -2.43. The summed E-state index contributed by atoms with van der Waals surface area (Å²) in [5.74, 6) is 0.190. The highest BCUT2D eigenvalue weighted by Gasteiger charge is 2.26. The fourth-order valence-electron chi connectivity index (χ4n) is 2.41. The lowest BCUT2D eigenvalue weighted by Gasteiger charge is -2.31. The smallest absolute Gasteiger partial charge is 0.246 e. The van der Waals surface area contributed by atoms with Gasteiger partial charge in [0.05, 0.1) is 0 Å². The molecule has 1 aromatic rings. The van der Waals surface area contributed by atoms with E-state index in [0.29, 0.717) is 13.1 Å². The Labute approximate surface area is 129 Å². The van der Waals surface area contributed by atoms with Crippen LogP contribution in [0.25, 0.3) is 6.08 Å². The third-order valence-corrected chi connectivity index (χ3v) is 4.38. The molecule has 1 aliphatic heterocycles. The standard InChI is InChI=1S/C16H22N2O2S/c1-12(2)17-16(20)13-7-9-18(10-8-13)15(19)6-5-14-4-3-11-21-14/h3-6,11-13H,7-10H2,1-2H3,(H,17,20). The first-order chi connectivity index (χ1) is 10.1. The zero-order valence-corrected chi connectivity index (χ0v) is 13.4. The average Bonchev–Trinajstić information content (AvgIpc) is 2.97. The van der Waals surface area contributed by atoms with Crippen LogP contribution >= 0.6 is 11.3 Å². The molecule has 0 bridgehead atoms. The summed E-state index contributed by atoms with van der Waals surface area (Å²) in [6, 6.07) is 4.12. The minimum absolute atomic E-state index is 0.0334. The first kappa shape index (κ1) is 15.8. The van der Waals surface area contributed by atoms with E-state index in [2.05, 4.69) is 5.32 Å². The number of hydrogen-bond donors (Lipinski definition) is 1. The van der Waals surface area contributed by atoms with E-state index in [1.165, 1.54) is 0 Å². The number of carbonyl (C=O) groups is 2. The van der Waals surface area contributed by atoms with Gasteiger partial charge in [-0.2, -0.15) is 0 Å². The summed E-state index contributed by atoms with van der Waals surface area (Å²) in [5, 5.41) is 4.93. The predicted octanol–water partition coefficient (Wildman–Crippen LogP) is 2.52. The summed E-state index contributed by atoms with van der Waals surface area (Å²) in [7, 11) is 0. The van der Waals surface area contributed by atoms with Crippen LogP contribution in [-0.4, -0.2) is 35.8 Å². The lowest BCUT2D eigenvalue weighted by molar-refractivity contribution is -0.132. The van der Waals surface area contributed by atoms with Crippen LogP contribution < -0.4 is 5.32 Å². The second-order valence-electron chi connectivity index (χ2n) is 5.61. The molecule has 5 heteroatoms. The Kier molecular flexibility index (Phi) is 5.56. The number of carbonyl (C=O) groups excluding carboxylic acids is 2. The van der Waals surface area contributed by atoms with Crippen molar-refractivity contribution in [1.82, 2.24) is 10.2 Å². The first-order valence-corrected chi connectivity index (χ1v) is 8.25. The third-order valence-electron chi connectivity index (χ3n) is 3.54. The monoisotopic (exact) mass is 306 g/mol. The highest BCUT2D eigenvalue weighted by molar-refractivity contribution is 7.10. The molecule has 0 spiro atoms. The zero-order chi connectivity index (χ0) is 15.2. The quantitative estimate of drug-likeness (QED) is 0.869. The Morgan fingerprint density at radius 3 is 2.67 bits per heavy atom. The molecule has 0 aromatic carbocycles. The van der Waals surface area contributed by atoms with E-state index in [1.54, 1.807) is 17.4 Å². The van der Waals surface area contributed by atoms with Crippen LogP contribution in [0.5, 0.6) is 0 Å². The SMILES string of the molecule is CC(C)NC(=O)C1CCN(C(=O)C=Cc2cccs2)CC1. The van der Waals surface area contributed by atoms with Crippen molar-refractivity contribution in [2.45, 2.75) is 32.7 Å². The normalized spacial score (nSPS) is 16.6. The van der Waals surface area contributed by atoms with Crippen LogP contribution in [0.15, 0.2) is 23.6 Å². The largest absolute Gasteiger partial charge is 0.354 e. The van der Waals surface area contributed by atoms with Gasteiger partial charge >= 0.3 is 0 Å². The Morgan fingerprint density at radius 2 is 2.10 bits per heavy atom. The molecule has 4 nitrogen and oxygen atoms in total. The Morgan fingerprint density at radius 1 is 1.38 bits per heavy atom. The molecule has 1 saturated heterocycles. The maximum atomic E-state index is 12.1. The van der Waals surface area contributed by atoms with Crippen molar-refractivity contribution in [3.8, 4) is 0 Å². The summed E-state index contributed by atoms with van der Waals surface area (Å²) < 4.78 is 0. The van der Waals surface area contributed by atoms with Crippen molar-refractivity contribution in [2.75, 3.05) is 13.1 Å². The molecule has 0 unspecified atom stereocenters. The molecule has 2 amide bonds. The number of hydrogen-bond acceptors (Lipinski definition) is 3. The van der Waals surface area contributed by atoms with Crippen LogP contribution in [0.1, 0.15) is 31.6 Å². The molecule has 1 aromatic heterocycles. The molecule has 21 heavy (non-hydrogen) atoms. The van der Waals surface area contributed by atoms with Crippen molar-refractivity contribution in [3.63, 3.8) is 0 Å². The summed E-state index contributed by atoms with van der Waals surface area (Å²) in [5.41, 5.74) is 0. The molecule has 1 fully saturated rings. The number of likely N-dealkylation sites (tertiary alicyclic amines) is 1. The van der Waals surface area contributed by atoms with E-state index in [4.69, 9.17) is 0 Å². The molecule has 0 radical (unpaired) electrons. The van der Waals surface area contributed by atoms with Crippen LogP contribution in [0.2, 0.25) is 0 Å². The van der Waals surface area contributed by atoms with Crippen molar-refractivity contribution < 1.29 is 9.59 Å². The maximum absolute atomic E-state index is 12.1. The Bertz CT molecular complexity index is 500. The number of nitrogens with zero attached hydrogens (tertiary/aromatic N) is 1.